The zero-order chi connectivity index (χ0) is 26.1. The Bertz CT molecular complexity index is 980. The molecular weight excluding hydrogens is 469 g/mol. The molecule has 34 heavy (non-hydrogen) atoms. The van der Waals surface area contributed by atoms with Crippen molar-refractivity contribution in [3.63, 3.8) is 0 Å². The van der Waals surface area contributed by atoms with Gasteiger partial charge in [0.1, 0.15) is 6.54 Å². The predicted octanol–water partition coefficient (Wildman–Crippen LogP) is 6.68. The lowest BCUT2D eigenvalue weighted by atomic mass is 9.99. The highest BCUT2D eigenvalue weighted by molar-refractivity contribution is 6.42. The second-order valence-electron chi connectivity index (χ2n) is 7.09. The monoisotopic (exact) mass is 503 g/mol. The van der Waals surface area contributed by atoms with Gasteiger partial charge in [0.15, 0.2) is 0 Å². The van der Waals surface area contributed by atoms with E-state index in [1.807, 2.05) is 64.1 Å². The Balaban J connectivity index is 0.000000587. The summed E-state index contributed by atoms with van der Waals surface area (Å²) in [4.78, 5) is 22.5. The van der Waals surface area contributed by atoms with Crippen molar-refractivity contribution in [2.24, 2.45) is 0 Å². The lowest BCUT2D eigenvalue weighted by Crippen LogP contribution is -2.39. The molecular formula is C27H35Cl2N3O2. The molecule has 0 bridgehead atoms. The fourth-order valence-electron chi connectivity index (χ4n) is 2.78. The molecule has 1 aliphatic carbocycles. The van der Waals surface area contributed by atoms with Crippen molar-refractivity contribution in [3.05, 3.63) is 75.8 Å². The Hall–Kier alpha value is -2.81. The molecule has 1 saturated carbocycles. The predicted molar refractivity (Wildman–Crippen MR) is 143 cm³/mol. The van der Waals surface area contributed by atoms with Crippen molar-refractivity contribution < 1.29 is 9.59 Å². The number of amides is 2. The standard InChI is InChI=1S/C13H13N3O2.C10H10Cl2.2C2H6/c1-2-10-5-3-4-6-11(10)9-16-13(18)12(17)15-8-7-14;1-10(5-6-10)7-3-2-4-8(11)9(7)12;2*1-2/h2-6H,1,8-9H2,(H,15,17)(H,16,18);2-4H,5-6H2,1H3;2*1-2H3. The van der Waals surface area contributed by atoms with E-state index < -0.39 is 11.8 Å². The lowest BCUT2D eigenvalue weighted by molar-refractivity contribution is -0.139. The lowest BCUT2D eigenvalue weighted by Gasteiger charge is -2.11. The summed E-state index contributed by atoms with van der Waals surface area (Å²) in [6.07, 6.45) is 4.14. The van der Waals surface area contributed by atoms with Crippen LogP contribution in [0.5, 0.6) is 0 Å². The molecule has 0 aliphatic heterocycles. The van der Waals surface area contributed by atoms with E-state index in [9.17, 15) is 9.59 Å². The molecule has 0 spiro atoms. The van der Waals surface area contributed by atoms with Crippen LogP contribution in [0.1, 0.15) is 64.2 Å². The van der Waals surface area contributed by atoms with Crippen molar-refractivity contribution in [3.8, 4) is 6.07 Å². The highest BCUT2D eigenvalue weighted by Crippen LogP contribution is 2.50. The van der Waals surface area contributed by atoms with E-state index >= 15 is 0 Å². The molecule has 3 rings (SSSR count). The third-order valence-electron chi connectivity index (χ3n) is 4.85. The van der Waals surface area contributed by atoms with E-state index in [0.717, 1.165) is 16.1 Å². The van der Waals surface area contributed by atoms with Crippen molar-refractivity contribution in [1.29, 1.82) is 5.26 Å². The normalized spacial score (nSPS) is 11.9. The minimum absolute atomic E-state index is 0.185. The van der Waals surface area contributed by atoms with Crippen molar-refractivity contribution in [2.45, 2.75) is 59.4 Å². The van der Waals surface area contributed by atoms with Crippen LogP contribution in [-0.4, -0.2) is 18.4 Å². The first-order chi connectivity index (χ1) is 16.3. The number of benzene rings is 2. The SMILES string of the molecule is C=Cc1ccccc1CNC(=O)C(=O)NCC#N.CC.CC.CC1(c2cccc(Cl)c2Cl)CC1. The Morgan fingerprint density at radius 2 is 1.62 bits per heavy atom. The van der Waals surface area contributed by atoms with Crippen LogP contribution < -0.4 is 10.6 Å². The quantitative estimate of drug-likeness (QED) is 0.352. The molecule has 0 atom stereocenters. The van der Waals surface area contributed by atoms with Gasteiger partial charge in [-0.25, -0.2) is 0 Å². The van der Waals surface area contributed by atoms with Crippen LogP contribution in [-0.2, 0) is 21.5 Å². The average Bonchev–Trinajstić information content (AvgIpc) is 3.63. The highest BCUT2D eigenvalue weighted by atomic mass is 35.5. The van der Waals surface area contributed by atoms with Crippen LogP contribution in [0.3, 0.4) is 0 Å². The largest absolute Gasteiger partial charge is 0.344 e. The fourth-order valence-corrected chi connectivity index (χ4v) is 3.31. The third-order valence-corrected chi connectivity index (χ3v) is 5.67. The number of nitrogens with one attached hydrogen (secondary N) is 2. The smallest absolute Gasteiger partial charge is 0.310 e. The van der Waals surface area contributed by atoms with Crippen LogP contribution in [0.4, 0.5) is 0 Å². The number of halogens is 2. The molecule has 2 amide bonds. The number of carbonyl (C=O) groups excluding carboxylic acids is 2. The van der Waals surface area contributed by atoms with Crippen LogP contribution in [0, 0.1) is 11.3 Å². The minimum atomic E-state index is -0.812. The van der Waals surface area contributed by atoms with Crippen molar-refractivity contribution in [1.82, 2.24) is 10.6 Å². The first-order valence-corrected chi connectivity index (χ1v) is 12.2. The molecule has 7 heteroatoms. The van der Waals surface area contributed by atoms with E-state index in [4.69, 9.17) is 28.5 Å². The van der Waals surface area contributed by atoms with Crippen molar-refractivity contribution >= 4 is 41.1 Å². The van der Waals surface area contributed by atoms with Gasteiger partial charge in [-0.1, -0.05) is 107 Å². The number of carbonyl (C=O) groups is 2. The zero-order valence-electron chi connectivity index (χ0n) is 20.7. The fraction of sp³-hybridized carbons (Fsp3) is 0.370. The third kappa shape index (κ3) is 9.99. The van der Waals surface area contributed by atoms with Crippen LogP contribution in [0.25, 0.3) is 6.08 Å². The number of rotatable bonds is 5. The van der Waals surface area contributed by atoms with Gasteiger partial charge in [-0.3, -0.25) is 9.59 Å². The van der Waals surface area contributed by atoms with Gasteiger partial charge in [0, 0.05) is 6.54 Å². The summed E-state index contributed by atoms with van der Waals surface area (Å²) in [5, 5.41) is 14.3. The maximum Gasteiger partial charge on any atom is 0.310 e. The topological polar surface area (TPSA) is 82.0 Å². The van der Waals surface area contributed by atoms with Gasteiger partial charge in [-0.2, -0.15) is 5.26 Å². The van der Waals surface area contributed by atoms with Gasteiger partial charge in [-0.05, 0) is 41.0 Å². The summed E-state index contributed by atoms with van der Waals surface area (Å²) in [5.74, 6) is -1.57. The molecule has 2 N–H and O–H groups in total. The average molecular weight is 505 g/mol. The summed E-state index contributed by atoms with van der Waals surface area (Å²) >= 11 is 12.0. The van der Waals surface area contributed by atoms with E-state index in [1.165, 1.54) is 18.4 Å². The van der Waals surface area contributed by atoms with Gasteiger partial charge in [0.05, 0.1) is 16.1 Å². The molecule has 2 aromatic rings. The van der Waals surface area contributed by atoms with Gasteiger partial charge in [0.2, 0.25) is 0 Å². The number of nitrogens with zero attached hydrogens (tertiary/aromatic N) is 1. The van der Waals surface area contributed by atoms with E-state index in [2.05, 4.69) is 30.2 Å². The maximum absolute atomic E-state index is 11.4. The molecule has 5 nitrogen and oxygen atoms in total. The van der Waals surface area contributed by atoms with Gasteiger partial charge in [-0.15, -0.1) is 0 Å². The summed E-state index contributed by atoms with van der Waals surface area (Å²) in [7, 11) is 0. The van der Waals surface area contributed by atoms with Crippen LogP contribution in [0.2, 0.25) is 10.0 Å². The van der Waals surface area contributed by atoms with Crippen molar-refractivity contribution in [2.75, 3.05) is 6.54 Å². The second-order valence-corrected chi connectivity index (χ2v) is 7.87. The number of hydrogen-bond acceptors (Lipinski definition) is 3. The maximum atomic E-state index is 11.4. The molecule has 0 unspecified atom stereocenters. The minimum Gasteiger partial charge on any atom is -0.344 e. The molecule has 0 saturated heterocycles. The summed E-state index contributed by atoms with van der Waals surface area (Å²) in [6, 6.07) is 15.0. The zero-order valence-corrected chi connectivity index (χ0v) is 22.2. The van der Waals surface area contributed by atoms with Gasteiger partial charge in [0.25, 0.3) is 0 Å². The Labute approximate surface area is 214 Å². The number of nitriles is 1. The first-order valence-electron chi connectivity index (χ1n) is 11.4. The van der Waals surface area contributed by atoms with Gasteiger partial charge >= 0.3 is 11.8 Å². The molecule has 1 aliphatic rings. The number of hydrogen-bond donors (Lipinski definition) is 2. The molecule has 0 radical (unpaired) electrons. The van der Waals surface area contributed by atoms with Crippen LogP contribution >= 0.6 is 23.2 Å². The van der Waals surface area contributed by atoms with E-state index in [1.54, 1.807) is 12.1 Å². The molecule has 2 aromatic carbocycles. The molecule has 0 heterocycles. The Kier molecular flexibility index (Phi) is 15.4. The molecule has 0 aromatic heterocycles. The van der Waals surface area contributed by atoms with Crippen LogP contribution in [0.15, 0.2) is 49.0 Å². The van der Waals surface area contributed by atoms with E-state index in [-0.39, 0.29) is 13.1 Å². The molecule has 184 valence electrons. The summed E-state index contributed by atoms with van der Waals surface area (Å²) in [6.45, 7) is 13.9. The highest BCUT2D eigenvalue weighted by Gasteiger charge is 2.40. The van der Waals surface area contributed by atoms with Gasteiger partial charge < -0.3 is 10.6 Å². The second kappa shape index (κ2) is 16.7. The Morgan fingerprint density at radius 3 is 2.18 bits per heavy atom. The Morgan fingerprint density at radius 1 is 1.03 bits per heavy atom. The summed E-state index contributed by atoms with van der Waals surface area (Å²) < 4.78 is 0. The molecule has 1 fully saturated rings. The first kappa shape index (κ1) is 31.2. The van der Waals surface area contributed by atoms with E-state index in [0.29, 0.717) is 10.4 Å². The summed E-state index contributed by atoms with van der Waals surface area (Å²) in [5.41, 5.74) is 3.28.